The lowest BCUT2D eigenvalue weighted by Gasteiger charge is -2.07. The molecule has 0 aliphatic rings. The number of aryl methyl sites for hydroxylation is 1. The fraction of sp³-hybridized carbons (Fsp3) is 0.105. The third-order valence-corrected chi connectivity index (χ3v) is 3.54. The summed E-state index contributed by atoms with van der Waals surface area (Å²) in [7, 11) is 0. The highest BCUT2D eigenvalue weighted by Gasteiger charge is 2.08. The zero-order valence-electron chi connectivity index (χ0n) is 13.7. The topological polar surface area (TPSA) is 66.9 Å². The zero-order chi connectivity index (χ0) is 17.6. The van der Waals surface area contributed by atoms with Crippen molar-refractivity contribution in [1.29, 1.82) is 0 Å². The van der Waals surface area contributed by atoms with E-state index in [1.807, 2.05) is 31.2 Å². The van der Waals surface area contributed by atoms with Crippen LogP contribution in [-0.4, -0.2) is 15.9 Å². The molecule has 2 N–H and O–H groups in total. The van der Waals surface area contributed by atoms with Gasteiger partial charge < -0.3 is 10.6 Å². The Labute approximate surface area is 145 Å². The molecule has 6 heteroatoms. The van der Waals surface area contributed by atoms with Crippen molar-refractivity contribution >= 4 is 17.4 Å². The summed E-state index contributed by atoms with van der Waals surface area (Å²) in [6.45, 7) is 2.43. The van der Waals surface area contributed by atoms with Crippen LogP contribution in [0.25, 0.3) is 0 Å². The number of amides is 1. The number of aromatic nitrogens is 2. The van der Waals surface area contributed by atoms with E-state index in [9.17, 15) is 9.18 Å². The highest BCUT2D eigenvalue weighted by molar-refractivity contribution is 5.92. The highest BCUT2D eigenvalue weighted by atomic mass is 19.1. The molecule has 1 aromatic heterocycles. The predicted molar refractivity (Wildman–Crippen MR) is 94.1 cm³/mol. The van der Waals surface area contributed by atoms with Crippen molar-refractivity contribution in [3.8, 4) is 0 Å². The molecule has 3 aromatic rings. The van der Waals surface area contributed by atoms with Crippen LogP contribution in [0.2, 0.25) is 0 Å². The average Bonchev–Trinajstić information content (AvgIpc) is 2.62. The molecule has 0 radical (unpaired) electrons. The number of hydrogen-bond donors (Lipinski definition) is 2. The van der Waals surface area contributed by atoms with Gasteiger partial charge in [-0.2, -0.15) is 0 Å². The number of carbonyl (C=O) groups excluding carboxylic acids is 1. The molecule has 1 heterocycles. The number of nitrogens with zero attached hydrogens (tertiary/aromatic N) is 2. The molecule has 3 rings (SSSR count). The van der Waals surface area contributed by atoms with Crippen LogP contribution in [0.15, 0.2) is 60.9 Å². The average molecular weight is 336 g/mol. The van der Waals surface area contributed by atoms with Gasteiger partial charge in [-0.25, -0.2) is 14.4 Å². The molecule has 0 aliphatic carbocycles. The normalized spacial score (nSPS) is 10.3. The molecule has 0 bridgehead atoms. The van der Waals surface area contributed by atoms with E-state index < -0.39 is 0 Å². The van der Waals surface area contributed by atoms with Gasteiger partial charge in [0.15, 0.2) is 0 Å². The molecule has 0 fully saturated rings. The third-order valence-electron chi connectivity index (χ3n) is 3.54. The fourth-order valence-electron chi connectivity index (χ4n) is 2.29. The quantitative estimate of drug-likeness (QED) is 0.747. The van der Waals surface area contributed by atoms with Crippen molar-refractivity contribution in [3.63, 3.8) is 0 Å². The van der Waals surface area contributed by atoms with Gasteiger partial charge in [0, 0.05) is 12.2 Å². The first-order valence-electron chi connectivity index (χ1n) is 7.78. The highest BCUT2D eigenvalue weighted by Crippen LogP contribution is 2.14. The van der Waals surface area contributed by atoms with E-state index in [0.717, 1.165) is 11.1 Å². The Morgan fingerprint density at radius 1 is 1.08 bits per heavy atom. The first kappa shape index (κ1) is 16.6. The second-order valence-electron chi connectivity index (χ2n) is 5.59. The van der Waals surface area contributed by atoms with Gasteiger partial charge in [0.25, 0.3) is 5.91 Å². The Morgan fingerprint density at radius 3 is 2.56 bits per heavy atom. The molecular weight excluding hydrogens is 319 g/mol. The van der Waals surface area contributed by atoms with Crippen LogP contribution in [-0.2, 0) is 6.54 Å². The maximum absolute atomic E-state index is 12.9. The predicted octanol–water partition coefficient (Wildman–Crippen LogP) is 3.60. The molecule has 0 saturated heterocycles. The van der Waals surface area contributed by atoms with Crippen LogP contribution in [0.1, 0.15) is 21.6 Å². The van der Waals surface area contributed by atoms with Gasteiger partial charge in [-0.15, -0.1) is 0 Å². The number of benzene rings is 2. The van der Waals surface area contributed by atoms with Crippen LogP contribution in [0.4, 0.5) is 15.9 Å². The van der Waals surface area contributed by atoms with E-state index >= 15 is 0 Å². The summed E-state index contributed by atoms with van der Waals surface area (Å²) in [5.74, 6) is -0.124. The molecule has 2 aromatic carbocycles. The van der Waals surface area contributed by atoms with Crippen molar-refractivity contribution < 1.29 is 9.18 Å². The second kappa shape index (κ2) is 7.53. The summed E-state index contributed by atoms with van der Waals surface area (Å²) in [6.07, 6.45) is 2.86. The second-order valence-corrected chi connectivity index (χ2v) is 5.59. The maximum Gasteiger partial charge on any atom is 0.271 e. The Morgan fingerprint density at radius 2 is 1.88 bits per heavy atom. The van der Waals surface area contributed by atoms with Crippen LogP contribution in [0.3, 0.4) is 0 Å². The van der Waals surface area contributed by atoms with Gasteiger partial charge in [0.1, 0.15) is 17.3 Å². The summed E-state index contributed by atoms with van der Waals surface area (Å²) in [5, 5.41) is 5.80. The SMILES string of the molecule is Cc1cccc(CNC(=O)c2cnc(Nc3ccc(F)cc3)cn2)c1. The molecule has 0 saturated carbocycles. The Balaban J connectivity index is 1.59. The Kier molecular flexibility index (Phi) is 4.99. The van der Waals surface area contributed by atoms with Gasteiger partial charge in [-0.3, -0.25) is 4.79 Å². The molecule has 0 atom stereocenters. The molecule has 5 nitrogen and oxygen atoms in total. The largest absolute Gasteiger partial charge is 0.347 e. The van der Waals surface area contributed by atoms with Crippen LogP contribution in [0.5, 0.6) is 0 Å². The number of rotatable bonds is 5. The van der Waals surface area contributed by atoms with Gasteiger partial charge in [-0.05, 0) is 36.8 Å². The summed E-state index contributed by atoms with van der Waals surface area (Å²) in [6, 6.07) is 13.8. The zero-order valence-corrected chi connectivity index (χ0v) is 13.7. The number of nitrogens with one attached hydrogen (secondary N) is 2. The standard InChI is InChI=1S/C19H17FN4O/c1-13-3-2-4-14(9-13)10-23-19(25)17-11-22-18(12-21-17)24-16-7-5-15(20)6-8-16/h2-9,11-12H,10H2,1H3,(H,22,24)(H,23,25). The van der Waals surface area contributed by atoms with Gasteiger partial charge in [0.2, 0.25) is 0 Å². The Bertz CT molecular complexity index is 863. The number of halogens is 1. The summed E-state index contributed by atoms with van der Waals surface area (Å²) in [5.41, 5.74) is 3.09. The molecule has 0 aliphatic heterocycles. The van der Waals surface area contributed by atoms with Gasteiger partial charge >= 0.3 is 0 Å². The van der Waals surface area contributed by atoms with E-state index in [-0.39, 0.29) is 17.4 Å². The minimum atomic E-state index is -0.308. The number of carbonyl (C=O) groups is 1. The van der Waals surface area contributed by atoms with E-state index in [1.165, 1.54) is 24.5 Å². The van der Waals surface area contributed by atoms with E-state index in [0.29, 0.717) is 18.1 Å². The molecule has 25 heavy (non-hydrogen) atoms. The molecule has 1 amide bonds. The molecule has 0 spiro atoms. The van der Waals surface area contributed by atoms with E-state index in [4.69, 9.17) is 0 Å². The lowest BCUT2D eigenvalue weighted by molar-refractivity contribution is 0.0945. The smallest absolute Gasteiger partial charge is 0.271 e. The molecular formula is C19H17FN4O. The fourth-order valence-corrected chi connectivity index (χ4v) is 2.29. The Hall–Kier alpha value is -3.28. The minimum absolute atomic E-state index is 0.234. The lowest BCUT2D eigenvalue weighted by Crippen LogP contribution is -2.24. The molecule has 126 valence electrons. The summed E-state index contributed by atoms with van der Waals surface area (Å²) in [4.78, 5) is 20.4. The monoisotopic (exact) mass is 336 g/mol. The first-order chi connectivity index (χ1) is 12.1. The van der Waals surface area contributed by atoms with Gasteiger partial charge in [-0.1, -0.05) is 29.8 Å². The first-order valence-corrected chi connectivity index (χ1v) is 7.78. The van der Waals surface area contributed by atoms with Crippen molar-refractivity contribution in [2.45, 2.75) is 13.5 Å². The van der Waals surface area contributed by atoms with Gasteiger partial charge in [0.05, 0.1) is 12.4 Å². The van der Waals surface area contributed by atoms with Crippen LogP contribution >= 0.6 is 0 Å². The van der Waals surface area contributed by atoms with E-state index in [2.05, 4.69) is 20.6 Å². The number of hydrogen-bond acceptors (Lipinski definition) is 4. The van der Waals surface area contributed by atoms with Crippen molar-refractivity contribution in [3.05, 3.63) is 83.6 Å². The van der Waals surface area contributed by atoms with Crippen molar-refractivity contribution in [1.82, 2.24) is 15.3 Å². The van der Waals surface area contributed by atoms with Crippen LogP contribution < -0.4 is 10.6 Å². The van der Waals surface area contributed by atoms with Crippen molar-refractivity contribution in [2.24, 2.45) is 0 Å². The van der Waals surface area contributed by atoms with E-state index in [1.54, 1.807) is 12.1 Å². The van der Waals surface area contributed by atoms with Crippen molar-refractivity contribution in [2.75, 3.05) is 5.32 Å². The number of anilines is 2. The van der Waals surface area contributed by atoms with Crippen LogP contribution in [0, 0.1) is 12.7 Å². The minimum Gasteiger partial charge on any atom is -0.347 e. The lowest BCUT2D eigenvalue weighted by atomic mass is 10.1. The molecule has 0 unspecified atom stereocenters. The maximum atomic E-state index is 12.9. The third kappa shape index (κ3) is 4.60. The summed E-state index contributed by atoms with van der Waals surface area (Å²) >= 11 is 0. The summed E-state index contributed by atoms with van der Waals surface area (Å²) < 4.78 is 12.9.